The predicted molar refractivity (Wildman–Crippen MR) is 70.2 cm³/mol. The summed E-state index contributed by atoms with van der Waals surface area (Å²) in [6, 6.07) is 3.03. The van der Waals surface area contributed by atoms with Crippen molar-refractivity contribution in [3.8, 4) is 0 Å². The minimum atomic E-state index is -0.543. The number of nitrogens with zero attached hydrogens (tertiary/aromatic N) is 1. The molecule has 0 aliphatic rings. The summed E-state index contributed by atoms with van der Waals surface area (Å²) in [5.74, 6) is -0.543. The van der Waals surface area contributed by atoms with E-state index in [0.717, 1.165) is 0 Å². The minimum Gasteiger partial charge on any atom is -0.464 e. The molecule has 0 atom stereocenters. The molecule has 0 aliphatic heterocycles. The quantitative estimate of drug-likeness (QED) is 0.526. The molecule has 7 heteroatoms. The molecule has 0 radical (unpaired) electrons. The Labute approximate surface area is 113 Å². The molecule has 0 aromatic heterocycles. The van der Waals surface area contributed by atoms with E-state index >= 15 is 0 Å². The molecular formula is C10H9Cl3N2O2. The van der Waals surface area contributed by atoms with Crippen molar-refractivity contribution >= 4 is 52.2 Å². The first-order valence-electron chi connectivity index (χ1n) is 4.49. The van der Waals surface area contributed by atoms with Crippen LogP contribution in [0.15, 0.2) is 17.2 Å². The van der Waals surface area contributed by atoms with Crippen molar-refractivity contribution in [1.29, 1.82) is 0 Å². The lowest BCUT2D eigenvalue weighted by Gasteiger charge is -2.07. The molecule has 1 rings (SSSR count). The number of carbonyl (C=O) groups is 1. The summed E-state index contributed by atoms with van der Waals surface area (Å²) in [5.41, 5.74) is 3.11. The van der Waals surface area contributed by atoms with Gasteiger partial charge in [-0.1, -0.05) is 34.8 Å². The zero-order valence-electron chi connectivity index (χ0n) is 9.05. The van der Waals surface area contributed by atoms with Gasteiger partial charge in [-0.2, -0.15) is 5.10 Å². The molecule has 0 saturated heterocycles. The Morgan fingerprint density at radius 1 is 1.29 bits per heavy atom. The lowest BCUT2D eigenvalue weighted by Crippen LogP contribution is -2.13. The number of carbonyl (C=O) groups excluding carboxylic acids is 1. The van der Waals surface area contributed by atoms with Crippen LogP contribution in [0.25, 0.3) is 0 Å². The number of anilines is 1. The van der Waals surface area contributed by atoms with Gasteiger partial charge in [-0.05, 0) is 19.1 Å². The molecular weight excluding hydrogens is 286 g/mol. The number of esters is 1. The normalized spacial score (nSPS) is 11.2. The Balaban J connectivity index is 2.93. The lowest BCUT2D eigenvalue weighted by molar-refractivity contribution is -0.132. The third kappa shape index (κ3) is 3.77. The Kier molecular flexibility index (Phi) is 5.05. The van der Waals surface area contributed by atoms with E-state index in [9.17, 15) is 4.79 Å². The predicted octanol–water partition coefficient (Wildman–Crippen LogP) is 3.61. The summed E-state index contributed by atoms with van der Waals surface area (Å²) in [6.45, 7) is 1.50. The van der Waals surface area contributed by atoms with E-state index in [0.29, 0.717) is 20.8 Å². The van der Waals surface area contributed by atoms with Crippen LogP contribution in [0.1, 0.15) is 6.92 Å². The number of hydrogen-bond acceptors (Lipinski definition) is 4. The van der Waals surface area contributed by atoms with Gasteiger partial charge in [0.2, 0.25) is 0 Å². The van der Waals surface area contributed by atoms with Crippen LogP contribution < -0.4 is 5.43 Å². The summed E-state index contributed by atoms with van der Waals surface area (Å²) in [7, 11) is 1.27. The highest BCUT2D eigenvalue weighted by Crippen LogP contribution is 2.33. The Bertz CT molecular complexity index is 452. The molecule has 92 valence electrons. The van der Waals surface area contributed by atoms with Gasteiger partial charge in [0.15, 0.2) is 0 Å². The van der Waals surface area contributed by atoms with Crippen LogP contribution in [-0.2, 0) is 9.53 Å². The highest BCUT2D eigenvalue weighted by Gasteiger charge is 2.09. The van der Waals surface area contributed by atoms with E-state index in [4.69, 9.17) is 34.8 Å². The maximum atomic E-state index is 11.1. The highest BCUT2D eigenvalue weighted by molar-refractivity contribution is 6.42. The second kappa shape index (κ2) is 6.10. The van der Waals surface area contributed by atoms with Gasteiger partial charge in [0.05, 0.1) is 22.8 Å². The summed E-state index contributed by atoms with van der Waals surface area (Å²) < 4.78 is 4.48. The first-order chi connectivity index (χ1) is 7.95. The van der Waals surface area contributed by atoms with Crippen LogP contribution in [0.5, 0.6) is 0 Å². The van der Waals surface area contributed by atoms with Crippen LogP contribution in [0.3, 0.4) is 0 Å². The average Bonchev–Trinajstić information content (AvgIpc) is 2.26. The average molecular weight is 296 g/mol. The second-order valence-electron chi connectivity index (χ2n) is 3.05. The zero-order chi connectivity index (χ0) is 13.0. The van der Waals surface area contributed by atoms with E-state index in [1.807, 2.05) is 0 Å². The number of rotatable bonds is 3. The van der Waals surface area contributed by atoms with Crippen LogP contribution >= 0.6 is 34.8 Å². The van der Waals surface area contributed by atoms with Gasteiger partial charge in [-0.3, -0.25) is 5.43 Å². The standard InChI is InChI=1S/C10H9Cl3N2O2/c1-5(10(16)17-2)14-15-9-7(12)3-6(11)4-8(9)13/h3-4,15H,1-2H3/b14-5+. The topological polar surface area (TPSA) is 50.7 Å². The van der Waals surface area contributed by atoms with Crippen LogP contribution in [0.2, 0.25) is 15.1 Å². The molecule has 1 aromatic rings. The number of hydrogen-bond donors (Lipinski definition) is 1. The molecule has 0 heterocycles. The van der Waals surface area contributed by atoms with Crippen molar-refractivity contribution in [3.63, 3.8) is 0 Å². The summed E-state index contributed by atoms with van der Waals surface area (Å²) >= 11 is 17.6. The van der Waals surface area contributed by atoms with Gasteiger partial charge in [-0.15, -0.1) is 0 Å². The number of halogens is 3. The fourth-order valence-corrected chi connectivity index (χ4v) is 1.88. The maximum Gasteiger partial charge on any atom is 0.353 e. The van der Waals surface area contributed by atoms with Gasteiger partial charge in [-0.25, -0.2) is 4.79 Å². The summed E-state index contributed by atoms with van der Waals surface area (Å²) in [6.07, 6.45) is 0. The number of benzene rings is 1. The fourth-order valence-electron chi connectivity index (χ4n) is 0.982. The van der Waals surface area contributed by atoms with Crippen LogP contribution in [0.4, 0.5) is 5.69 Å². The molecule has 4 nitrogen and oxygen atoms in total. The second-order valence-corrected chi connectivity index (χ2v) is 4.30. The Hall–Kier alpha value is -0.970. The smallest absolute Gasteiger partial charge is 0.353 e. The van der Waals surface area contributed by atoms with E-state index in [-0.39, 0.29) is 5.71 Å². The van der Waals surface area contributed by atoms with Crippen molar-refractivity contribution in [3.05, 3.63) is 27.2 Å². The molecule has 0 fully saturated rings. The summed E-state index contributed by atoms with van der Waals surface area (Å²) in [4.78, 5) is 11.1. The Morgan fingerprint density at radius 3 is 2.29 bits per heavy atom. The lowest BCUT2D eigenvalue weighted by atomic mass is 10.3. The number of methoxy groups -OCH3 is 1. The van der Waals surface area contributed by atoms with Crippen molar-refractivity contribution in [1.82, 2.24) is 0 Å². The van der Waals surface area contributed by atoms with Gasteiger partial charge in [0.25, 0.3) is 0 Å². The number of ether oxygens (including phenoxy) is 1. The van der Waals surface area contributed by atoms with Crippen molar-refractivity contribution in [2.75, 3.05) is 12.5 Å². The van der Waals surface area contributed by atoms with Crippen molar-refractivity contribution in [2.45, 2.75) is 6.92 Å². The highest BCUT2D eigenvalue weighted by atomic mass is 35.5. The van der Waals surface area contributed by atoms with E-state index in [1.165, 1.54) is 26.2 Å². The third-order valence-corrected chi connectivity index (χ3v) is 2.64. The molecule has 0 spiro atoms. The molecule has 1 N–H and O–H groups in total. The van der Waals surface area contributed by atoms with Gasteiger partial charge >= 0.3 is 5.97 Å². The van der Waals surface area contributed by atoms with E-state index in [1.54, 1.807) is 0 Å². The number of hydrazone groups is 1. The molecule has 0 aliphatic carbocycles. The molecule has 1 aromatic carbocycles. The molecule has 0 unspecified atom stereocenters. The monoisotopic (exact) mass is 294 g/mol. The van der Waals surface area contributed by atoms with Crippen molar-refractivity contribution in [2.24, 2.45) is 5.10 Å². The molecule has 0 bridgehead atoms. The maximum absolute atomic E-state index is 11.1. The van der Waals surface area contributed by atoms with Crippen molar-refractivity contribution < 1.29 is 9.53 Å². The molecule has 0 saturated carbocycles. The third-order valence-electron chi connectivity index (χ3n) is 1.82. The van der Waals surface area contributed by atoms with Crippen LogP contribution in [-0.4, -0.2) is 18.8 Å². The molecule has 0 amide bonds. The summed E-state index contributed by atoms with van der Waals surface area (Å²) in [5, 5.41) is 4.83. The minimum absolute atomic E-state index is 0.148. The first-order valence-corrected chi connectivity index (χ1v) is 5.62. The zero-order valence-corrected chi connectivity index (χ0v) is 11.3. The van der Waals surface area contributed by atoms with Gasteiger partial charge < -0.3 is 4.74 Å². The van der Waals surface area contributed by atoms with Gasteiger partial charge in [0.1, 0.15) is 5.71 Å². The molecule has 17 heavy (non-hydrogen) atoms. The Morgan fingerprint density at radius 2 is 1.82 bits per heavy atom. The number of nitrogens with one attached hydrogen (secondary N) is 1. The van der Waals surface area contributed by atoms with Gasteiger partial charge in [0, 0.05) is 5.02 Å². The SMILES string of the molecule is COC(=O)/C(C)=N/Nc1c(Cl)cc(Cl)cc1Cl. The first kappa shape index (κ1) is 14.1. The van der Waals surface area contributed by atoms with Crippen LogP contribution in [0, 0.1) is 0 Å². The van der Waals surface area contributed by atoms with E-state index in [2.05, 4.69) is 15.3 Å². The largest absolute Gasteiger partial charge is 0.464 e. The van der Waals surface area contributed by atoms with E-state index < -0.39 is 5.97 Å². The fraction of sp³-hybridized carbons (Fsp3) is 0.200.